The van der Waals surface area contributed by atoms with Crippen LogP contribution in [0.1, 0.15) is 0 Å². The van der Waals surface area contributed by atoms with Gasteiger partial charge in [0, 0.05) is 18.3 Å². The van der Waals surface area contributed by atoms with Crippen molar-refractivity contribution in [3.05, 3.63) is 41.1 Å². The molecule has 0 aliphatic heterocycles. The van der Waals surface area contributed by atoms with Crippen molar-refractivity contribution in [1.29, 1.82) is 0 Å². The van der Waals surface area contributed by atoms with Crippen molar-refractivity contribution >= 4 is 22.5 Å². The highest BCUT2D eigenvalue weighted by Crippen LogP contribution is 2.24. The monoisotopic (exact) mass is 199 g/mol. The lowest BCUT2D eigenvalue weighted by Gasteiger charge is -2.00. The van der Waals surface area contributed by atoms with Gasteiger partial charge in [0.15, 0.2) is 0 Å². The van der Waals surface area contributed by atoms with E-state index in [1.54, 1.807) is 0 Å². The van der Waals surface area contributed by atoms with Gasteiger partial charge in [-0.1, -0.05) is 11.6 Å². The molecule has 0 saturated heterocycles. The summed E-state index contributed by atoms with van der Waals surface area (Å²) in [5, 5.41) is 0.396. The third kappa shape index (κ3) is 1.35. The molecule has 0 aliphatic rings. The van der Waals surface area contributed by atoms with Crippen LogP contribution in [0.2, 0.25) is 5.02 Å². The average molecular weight is 200 g/mol. The van der Waals surface area contributed by atoms with Gasteiger partial charge in [0.1, 0.15) is 11.6 Å². The number of benzene rings is 1. The zero-order valence-electron chi connectivity index (χ0n) is 6.39. The molecule has 4 heteroatoms. The van der Waals surface area contributed by atoms with Crippen LogP contribution in [0.5, 0.6) is 0 Å². The maximum absolute atomic E-state index is 13.1. The van der Waals surface area contributed by atoms with Crippen LogP contribution < -0.4 is 0 Å². The van der Waals surface area contributed by atoms with Crippen LogP contribution in [-0.4, -0.2) is 4.98 Å². The molecular weight excluding hydrogens is 196 g/mol. The molecule has 0 atom stereocenters. The molecule has 66 valence electrons. The minimum atomic E-state index is -0.687. The summed E-state index contributed by atoms with van der Waals surface area (Å²) in [5.41, 5.74) is 0.227. The van der Waals surface area contributed by atoms with Crippen LogP contribution in [0.15, 0.2) is 24.4 Å². The summed E-state index contributed by atoms with van der Waals surface area (Å²) in [6.45, 7) is 0. The topological polar surface area (TPSA) is 12.9 Å². The molecule has 0 aliphatic carbocycles. The molecule has 0 bridgehead atoms. The van der Waals surface area contributed by atoms with Crippen molar-refractivity contribution < 1.29 is 8.78 Å². The number of hydrogen-bond donors (Lipinski definition) is 0. The third-order valence-corrected chi connectivity index (χ3v) is 2.02. The Morgan fingerprint density at radius 3 is 2.77 bits per heavy atom. The molecule has 0 saturated carbocycles. The Balaban J connectivity index is 2.94. The van der Waals surface area contributed by atoms with E-state index in [4.69, 9.17) is 11.6 Å². The van der Waals surface area contributed by atoms with E-state index in [1.165, 1.54) is 12.3 Å². The summed E-state index contributed by atoms with van der Waals surface area (Å²) in [7, 11) is 0. The van der Waals surface area contributed by atoms with Gasteiger partial charge in [-0.2, -0.15) is 0 Å². The fraction of sp³-hybridized carbons (Fsp3) is 0. The van der Waals surface area contributed by atoms with Gasteiger partial charge in [-0.05, 0) is 6.07 Å². The van der Waals surface area contributed by atoms with Gasteiger partial charge in [-0.15, -0.1) is 0 Å². The summed E-state index contributed by atoms with van der Waals surface area (Å²) in [6.07, 6.45) is 1.41. The smallest absolute Gasteiger partial charge is 0.137 e. The van der Waals surface area contributed by atoms with Crippen molar-refractivity contribution in [3.63, 3.8) is 0 Å². The summed E-state index contributed by atoms with van der Waals surface area (Å²) in [5.74, 6) is -1.34. The standard InChI is InChI=1S/C9H4ClF2N/c10-6-1-2-13-8-4-5(11)3-7(12)9(6)8/h1-4H. The highest BCUT2D eigenvalue weighted by molar-refractivity contribution is 6.35. The van der Waals surface area contributed by atoms with Gasteiger partial charge in [0.25, 0.3) is 0 Å². The predicted octanol–water partition coefficient (Wildman–Crippen LogP) is 3.17. The first-order valence-electron chi connectivity index (χ1n) is 3.58. The van der Waals surface area contributed by atoms with Crippen molar-refractivity contribution in [1.82, 2.24) is 4.98 Å². The van der Waals surface area contributed by atoms with Crippen LogP contribution in [0, 0.1) is 11.6 Å². The molecule has 2 aromatic rings. The lowest BCUT2D eigenvalue weighted by Crippen LogP contribution is -1.86. The zero-order chi connectivity index (χ0) is 9.42. The molecule has 0 radical (unpaired) electrons. The van der Waals surface area contributed by atoms with Gasteiger partial charge in [0.05, 0.1) is 15.9 Å². The summed E-state index contributed by atoms with van der Waals surface area (Å²) < 4.78 is 25.8. The number of fused-ring (bicyclic) bond motifs is 1. The third-order valence-electron chi connectivity index (χ3n) is 1.71. The molecular formula is C9H4ClF2N. The molecule has 1 aromatic carbocycles. The summed E-state index contributed by atoms with van der Waals surface area (Å²) in [4.78, 5) is 3.80. The first kappa shape index (κ1) is 8.38. The Kier molecular flexibility index (Phi) is 1.88. The summed E-state index contributed by atoms with van der Waals surface area (Å²) >= 11 is 5.71. The molecule has 1 nitrogen and oxygen atoms in total. The number of aromatic nitrogens is 1. The van der Waals surface area contributed by atoms with E-state index in [1.807, 2.05) is 0 Å². The number of nitrogens with zero attached hydrogens (tertiary/aromatic N) is 1. The van der Waals surface area contributed by atoms with E-state index in [0.29, 0.717) is 0 Å². The van der Waals surface area contributed by atoms with Crippen LogP contribution in [-0.2, 0) is 0 Å². The molecule has 0 N–H and O–H groups in total. The molecule has 0 fully saturated rings. The van der Waals surface area contributed by atoms with Gasteiger partial charge in [-0.25, -0.2) is 8.78 Å². The minimum absolute atomic E-state index is 0.158. The Morgan fingerprint density at radius 1 is 1.23 bits per heavy atom. The van der Waals surface area contributed by atoms with E-state index in [2.05, 4.69) is 4.98 Å². The van der Waals surface area contributed by atoms with Gasteiger partial charge in [0.2, 0.25) is 0 Å². The second-order valence-corrected chi connectivity index (χ2v) is 2.98. The second-order valence-electron chi connectivity index (χ2n) is 2.57. The molecule has 1 aromatic heterocycles. The number of pyridine rings is 1. The minimum Gasteiger partial charge on any atom is -0.256 e. The highest BCUT2D eigenvalue weighted by Gasteiger charge is 2.07. The molecule has 0 unspecified atom stereocenters. The molecule has 1 heterocycles. The van der Waals surface area contributed by atoms with Crippen LogP contribution in [0.25, 0.3) is 10.9 Å². The van der Waals surface area contributed by atoms with E-state index < -0.39 is 11.6 Å². The molecule has 13 heavy (non-hydrogen) atoms. The maximum Gasteiger partial charge on any atom is 0.137 e. The maximum atomic E-state index is 13.1. The van der Waals surface area contributed by atoms with Crippen molar-refractivity contribution in [2.75, 3.05) is 0 Å². The lowest BCUT2D eigenvalue weighted by molar-refractivity contribution is 0.591. The SMILES string of the molecule is Fc1cc(F)c2c(Cl)ccnc2c1. The van der Waals surface area contributed by atoms with Crippen LogP contribution in [0.4, 0.5) is 8.78 Å². The molecule has 2 rings (SSSR count). The second kappa shape index (κ2) is 2.92. The number of halogens is 3. The lowest BCUT2D eigenvalue weighted by atomic mass is 10.2. The first-order chi connectivity index (χ1) is 6.18. The van der Waals surface area contributed by atoms with Gasteiger partial charge >= 0.3 is 0 Å². The fourth-order valence-electron chi connectivity index (χ4n) is 1.16. The number of hydrogen-bond acceptors (Lipinski definition) is 1. The van der Waals surface area contributed by atoms with E-state index in [0.717, 1.165) is 12.1 Å². The van der Waals surface area contributed by atoms with E-state index in [9.17, 15) is 8.78 Å². The zero-order valence-corrected chi connectivity index (χ0v) is 7.15. The Hall–Kier alpha value is -1.22. The van der Waals surface area contributed by atoms with Gasteiger partial charge < -0.3 is 0 Å². The summed E-state index contributed by atoms with van der Waals surface area (Å²) in [6, 6.07) is 3.39. The highest BCUT2D eigenvalue weighted by atomic mass is 35.5. The number of rotatable bonds is 0. The van der Waals surface area contributed by atoms with Crippen LogP contribution in [0.3, 0.4) is 0 Å². The first-order valence-corrected chi connectivity index (χ1v) is 3.95. The Morgan fingerprint density at radius 2 is 2.00 bits per heavy atom. The van der Waals surface area contributed by atoms with Gasteiger partial charge in [-0.3, -0.25) is 4.98 Å². The van der Waals surface area contributed by atoms with Crippen LogP contribution >= 0.6 is 11.6 Å². The largest absolute Gasteiger partial charge is 0.256 e. The van der Waals surface area contributed by atoms with E-state index in [-0.39, 0.29) is 15.9 Å². The Bertz CT molecular complexity index is 470. The van der Waals surface area contributed by atoms with E-state index >= 15 is 0 Å². The predicted molar refractivity (Wildman–Crippen MR) is 46.7 cm³/mol. The fourth-order valence-corrected chi connectivity index (χ4v) is 1.41. The average Bonchev–Trinajstić information content (AvgIpc) is 2.02. The van der Waals surface area contributed by atoms with Crippen molar-refractivity contribution in [2.45, 2.75) is 0 Å². The quantitative estimate of drug-likeness (QED) is 0.635. The van der Waals surface area contributed by atoms with Crippen molar-refractivity contribution in [2.24, 2.45) is 0 Å². The normalized spacial score (nSPS) is 10.7. The Labute approximate surface area is 78.0 Å². The molecule has 0 spiro atoms. The van der Waals surface area contributed by atoms with Crippen molar-refractivity contribution in [3.8, 4) is 0 Å². The molecule has 0 amide bonds.